The Kier molecular flexibility index (Phi) is 3.62. The van der Waals surface area contributed by atoms with E-state index in [9.17, 15) is 0 Å². The van der Waals surface area contributed by atoms with Gasteiger partial charge in [-0.2, -0.15) is 11.3 Å². The lowest BCUT2D eigenvalue weighted by Crippen LogP contribution is -2.45. The van der Waals surface area contributed by atoms with Crippen LogP contribution in [-0.2, 0) is 6.54 Å². The maximum atomic E-state index is 2.54. The molecule has 1 aromatic carbocycles. The quantitative estimate of drug-likeness (QED) is 0.835. The van der Waals surface area contributed by atoms with Crippen LogP contribution in [0.15, 0.2) is 47.2 Å². The lowest BCUT2D eigenvalue weighted by molar-refractivity contribution is 0.250. The number of hydrogen-bond acceptors (Lipinski definition) is 3. The molecule has 3 heteroatoms. The number of nitrogens with zero attached hydrogens (tertiary/aromatic N) is 2. The fourth-order valence-electron chi connectivity index (χ4n) is 2.44. The number of rotatable bonds is 3. The van der Waals surface area contributed by atoms with E-state index in [0.717, 1.165) is 32.7 Å². The van der Waals surface area contributed by atoms with Gasteiger partial charge in [0.05, 0.1) is 0 Å². The molecule has 1 aliphatic heterocycles. The van der Waals surface area contributed by atoms with Crippen molar-refractivity contribution in [1.82, 2.24) is 4.90 Å². The maximum Gasteiger partial charge on any atom is 0.0475 e. The first-order valence-electron chi connectivity index (χ1n) is 6.45. The Balaban J connectivity index is 1.54. The van der Waals surface area contributed by atoms with Crippen molar-refractivity contribution in [3.05, 3.63) is 52.7 Å². The Hall–Kier alpha value is -1.32. The topological polar surface area (TPSA) is 6.48 Å². The van der Waals surface area contributed by atoms with Crippen molar-refractivity contribution in [2.24, 2.45) is 0 Å². The van der Waals surface area contributed by atoms with E-state index in [4.69, 9.17) is 0 Å². The van der Waals surface area contributed by atoms with Crippen LogP contribution in [0.4, 0.5) is 5.69 Å². The number of piperazine rings is 1. The van der Waals surface area contributed by atoms with Crippen molar-refractivity contribution in [3.8, 4) is 0 Å². The van der Waals surface area contributed by atoms with Gasteiger partial charge < -0.3 is 4.90 Å². The van der Waals surface area contributed by atoms with Gasteiger partial charge in [-0.1, -0.05) is 30.3 Å². The predicted octanol–water partition coefficient (Wildman–Crippen LogP) is 3.07. The average Bonchev–Trinajstić information content (AvgIpc) is 2.95. The van der Waals surface area contributed by atoms with Crippen LogP contribution in [0.3, 0.4) is 0 Å². The third-order valence-corrected chi connectivity index (χ3v) is 4.16. The largest absolute Gasteiger partial charge is 0.368 e. The molecule has 3 rings (SSSR count). The predicted molar refractivity (Wildman–Crippen MR) is 78.3 cm³/mol. The van der Waals surface area contributed by atoms with Crippen LogP contribution in [0.1, 0.15) is 5.56 Å². The smallest absolute Gasteiger partial charge is 0.0475 e. The lowest BCUT2D eigenvalue weighted by atomic mass is 10.2. The minimum atomic E-state index is 1.08. The van der Waals surface area contributed by atoms with Crippen molar-refractivity contribution in [2.75, 3.05) is 31.1 Å². The second kappa shape index (κ2) is 5.55. The molecule has 0 spiro atoms. The van der Waals surface area contributed by atoms with Crippen LogP contribution in [-0.4, -0.2) is 31.1 Å². The van der Waals surface area contributed by atoms with Crippen molar-refractivity contribution in [2.45, 2.75) is 6.54 Å². The summed E-state index contributed by atoms with van der Waals surface area (Å²) in [5.41, 5.74) is 2.81. The second-order valence-electron chi connectivity index (χ2n) is 4.73. The lowest BCUT2D eigenvalue weighted by Gasteiger charge is -2.35. The summed E-state index contributed by atoms with van der Waals surface area (Å²) in [6, 6.07) is 13.0. The molecule has 1 aliphatic rings. The standard InChI is InChI=1S/C15H18N2S/c1-2-4-14(5-3-1)12-16-7-9-17(10-8-16)15-6-11-18-13-15/h1-6,11,13H,7-10,12H2. The number of hydrogen-bond donors (Lipinski definition) is 0. The van der Waals surface area contributed by atoms with Gasteiger partial charge in [-0.25, -0.2) is 0 Å². The van der Waals surface area contributed by atoms with E-state index in [-0.39, 0.29) is 0 Å². The van der Waals surface area contributed by atoms with Crippen LogP contribution >= 0.6 is 11.3 Å². The molecule has 0 bridgehead atoms. The van der Waals surface area contributed by atoms with Crippen LogP contribution in [0.2, 0.25) is 0 Å². The molecule has 0 N–H and O–H groups in total. The third kappa shape index (κ3) is 2.74. The Morgan fingerprint density at radius 3 is 2.39 bits per heavy atom. The van der Waals surface area contributed by atoms with Gasteiger partial charge in [0.2, 0.25) is 0 Å². The minimum Gasteiger partial charge on any atom is -0.368 e. The molecule has 94 valence electrons. The fraction of sp³-hybridized carbons (Fsp3) is 0.333. The van der Waals surface area contributed by atoms with Crippen LogP contribution in [0.5, 0.6) is 0 Å². The highest BCUT2D eigenvalue weighted by molar-refractivity contribution is 7.08. The SMILES string of the molecule is c1ccc(CN2CCN(c3ccsc3)CC2)cc1. The molecule has 0 aliphatic carbocycles. The zero-order chi connectivity index (χ0) is 12.2. The highest BCUT2D eigenvalue weighted by Gasteiger charge is 2.17. The molecule has 1 saturated heterocycles. The Labute approximate surface area is 112 Å². The summed E-state index contributed by atoms with van der Waals surface area (Å²) in [4.78, 5) is 5.02. The Morgan fingerprint density at radius 2 is 1.72 bits per heavy atom. The van der Waals surface area contributed by atoms with E-state index in [1.807, 2.05) is 0 Å². The first-order chi connectivity index (χ1) is 8.92. The monoisotopic (exact) mass is 258 g/mol. The molecular formula is C15H18N2S. The molecular weight excluding hydrogens is 240 g/mol. The van der Waals surface area contributed by atoms with E-state index < -0.39 is 0 Å². The molecule has 18 heavy (non-hydrogen) atoms. The van der Waals surface area contributed by atoms with Crippen LogP contribution in [0, 0.1) is 0 Å². The van der Waals surface area contributed by atoms with Crippen LogP contribution in [0.25, 0.3) is 0 Å². The Bertz CT molecular complexity index is 459. The highest BCUT2D eigenvalue weighted by atomic mass is 32.1. The molecule has 0 amide bonds. The molecule has 0 unspecified atom stereocenters. The molecule has 2 heterocycles. The van der Waals surface area contributed by atoms with Gasteiger partial charge in [0.1, 0.15) is 0 Å². The van der Waals surface area contributed by atoms with Gasteiger partial charge in [0.15, 0.2) is 0 Å². The maximum absolute atomic E-state index is 2.54. The summed E-state index contributed by atoms with van der Waals surface area (Å²) in [6.45, 7) is 5.68. The zero-order valence-corrected chi connectivity index (χ0v) is 11.3. The first kappa shape index (κ1) is 11.8. The summed E-state index contributed by atoms with van der Waals surface area (Å²) in [5.74, 6) is 0. The normalized spacial score (nSPS) is 17.0. The first-order valence-corrected chi connectivity index (χ1v) is 7.39. The number of anilines is 1. The average molecular weight is 258 g/mol. The van der Waals surface area contributed by atoms with E-state index in [1.54, 1.807) is 11.3 Å². The van der Waals surface area contributed by atoms with Crippen molar-refractivity contribution >= 4 is 17.0 Å². The van der Waals surface area contributed by atoms with Gasteiger partial charge in [-0.15, -0.1) is 0 Å². The van der Waals surface area contributed by atoms with Gasteiger partial charge in [0, 0.05) is 43.8 Å². The molecule has 2 nitrogen and oxygen atoms in total. The van der Waals surface area contributed by atoms with Gasteiger partial charge in [0.25, 0.3) is 0 Å². The van der Waals surface area contributed by atoms with Crippen molar-refractivity contribution < 1.29 is 0 Å². The van der Waals surface area contributed by atoms with Gasteiger partial charge in [-0.05, 0) is 17.0 Å². The number of thiophene rings is 1. The second-order valence-corrected chi connectivity index (χ2v) is 5.51. The summed E-state index contributed by atoms with van der Waals surface area (Å²) < 4.78 is 0. The molecule has 1 aromatic heterocycles. The molecule has 0 atom stereocenters. The van der Waals surface area contributed by atoms with E-state index >= 15 is 0 Å². The molecule has 0 saturated carbocycles. The van der Waals surface area contributed by atoms with Gasteiger partial charge >= 0.3 is 0 Å². The van der Waals surface area contributed by atoms with Crippen LogP contribution < -0.4 is 4.90 Å². The van der Waals surface area contributed by atoms with Crippen molar-refractivity contribution in [3.63, 3.8) is 0 Å². The van der Waals surface area contributed by atoms with Gasteiger partial charge in [-0.3, -0.25) is 4.90 Å². The molecule has 1 fully saturated rings. The molecule has 0 radical (unpaired) electrons. The highest BCUT2D eigenvalue weighted by Crippen LogP contribution is 2.20. The fourth-order valence-corrected chi connectivity index (χ4v) is 3.11. The van der Waals surface area contributed by atoms with E-state index in [1.165, 1.54) is 11.3 Å². The third-order valence-electron chi connectivity index (χ3n) is 3.49. The minimum absolute atomic E-state index is 1.08. The summed E-state index contributed by atoms with van der Waals surface area (Å²) in [6.07, 6.45) is 0. The Morgan fingerprint density at radius 1 is 0.944 bits per heavy atom. The van der Waals surface area contributed by atoms with E-state index in [2.05, 4.69) is 57.0 Å². The molecule has 2 aromatic rings. The number of benzene rings is 1. The summed E-state index contributed by atoms with van der Waals surface area (Å²) >= 11 is 1.78. The summed E-state index contributed by atoms with van der Waals surface area (Å²) in [7, 11) is 0. The zero-order valence-electron chi connectivity index (χ0n) is 10.5. The van der Waals surface area contributed by atoms with Crippen molar-refractivity contribution in [1.29, 1.82) is 0 Å². The van der Waals surface area contributed by atoms with E-state index in [0.29, 0.717) is 0 Å². The summed E-state index contributed by atoms with van der Waals surface area (Å²) in [5, 5.41) is 4.40.